The van der Waals surface area contributed by atoms with E-state index in [4.69, 9.17) is 9.97 Å². The summed E-state index contributed by atoms with van der Waals surface area (Å²) in [5.41, 5.74) is 4.60. The Balaban J connectivity index is 1.35. The van der Waals surface area contributed by atoms with Crippen molar-refractivity contribution in [3.63, 3.8) is 0 Å². The molecule has 0 amide bonds. The number of nitrogens with zero attached hydrogens (tertiary/aromatic N) is 6. The van der Waals surface area contributed by atoms with Crippen molar-refractivity contribution < 1.29 is 13.2 Å². The minimum absolute atomic E-state index is 0.0461. The lowest BCUT2D eigenvalue weighted by molar-refractivity contribution is -0.137. The molecule has 2 aromatic heterocycles. The Hall–Kier alpha value is -3.40. The molecular formula is C30H36F3N7. The van der Waals surface area contributed by atoms with Crippen LogP contribution in [0.2, 0.25) is 0 Å². The number of anilines is 4. The summed E-state index contributed by atoms with van der Waals surface area (Å²) >= 11 is 0. The highest BCUT2D eigenvalue weighted by Crippen LogP contribution is 2.41. The highest BCUT2D eigenvalue weighted by molar-refractivity contribution is 5.70. The van der Waals surface area contributed by atoms with Crippen LogP contribution < -0.4 is 15.1 Å². The summed E-state index contributed by atoms with van der Waals surface area (Å²) < 4.78 is 41.3. The van der Waals surface area contributed by atoms with Gasteiger partial charge >= 0.3 is 6.18 Å². The minimum atomic E-state index is -4.47. The lowest BCUT2D eigenvalue weighted by Crippen LogP contribution is -2.35. The third-order valence-corrected chi connectivity index (χ3v) is 8.54. The van der Waals surface area contributed by atoms with Crippen molar-refractivity contribution in [2.24, 2.45) is 0 Å². The maximum absolute atomic E-state index is 13.8. The van der Waals surface area contributed by atoms with Crippen LogP contribution in [-0.4, -0.2) is 53.1 Å². The predicted molar refractivity (Wildman–Crippen MR) is 151 cm³/mol. The van der Waals surface area contributed by atoms with Crippen LogP contribution in [0, 0.1) is 0 Å². The van der Waals surface area contributed by atoms with Crippen molar-refractivity contribution >= 4 is 23.0 Å². The first-order valence-corrected chi connectivity index (χ1v) is 14.1. The molecule has 0 radical (unpaired) electrons. The molecule has 3 aromatic rings. The van der Waals surface area contributed by atoms with Gasteiger partial charge in [0.05, 0.1) is 24.3 Å². The number of halogens is 3. The second-order valence-corrected chi connectivity index (χ2v) is 11.9. The summed E-state index contributed by atoms with van der Waals surface area (Å²) in [5, 5.41) is 3.58. The van der Waals surface area contributed by atoms with Crippen LogP contribution >= 0.6 is 0 Å². The van der Waals surface area contributed by atoms with Gasteiger partial charge in [-0.25, -0.2) is 15.0 Å². The standard InChI is InChI=1S/C30H36F3N7/c1-29(2)11-16-38(3)25-17-20(8-9-22(25)29)35-27-21-10-15-40(28-23(30(31,32)33)7-6-12-34-28)18-24(21)36-26(37-27)19-39-13-4-5-14-39/h6-9,12,17H,4-5,10-11,13-16,18-19H2,1-3H3,(H,35,36,37). The molecule has 5 heterocycles. The lowest BCUT2D eigenvalue weighted by atomic mass is 9.78. The second kappa shape index (κ2) is 10.2. The summed E-state index contributed by atoms with van der Waals surface area (Å²) in [4.78, 5) is 20.3. The average Bonchev–Trinajstić information content (AvgIpc) is 3.43. The Morgan fingerprint density at radius 1 is 1.02 bits per heavy atom. The van der Waals surface area contributed by atoms with Gasteiger partial charge in [0, 0.05) is 43.3 Å². The number of hydrogen-bond acceptors (Lipinski definition) is 7. The number of alkyl halides is 3. The molecule has 3 aliphatic heterocycles. The molecule has 1 fully saturated rings. The molecule has 40 heavy (non-hydrogen) atoms. The molecule has 1 saturated heterocycles. The van der Waals surface area contributed by atoms with Crippen LogP contribution in [0.4, 0.5) is 36.2 Å². The fourth-order valence-electron chi connectivity index (χ4n) is 6.18. The van der Waals surface area contributed by atoms with Gasteiger partial charge in [-0.1, -0.05) is 19.9 Å². The molecule has 212 valence electrons. The second-order valence-electron chi connectivity index (χ2n) is 11.9. The highest BCUT2D eigenvalue weighted by Gasteiger charge is 2.37. The van der Waals surface area contributed by atoms with Crippen LogP contribution in [0.5, 0.6) is 0 Å². The third-order valence-electron chi connectivity index (χ3n) is 8.54. The zero-order chi connectivity index (χ0) is 28.1. The average molecular weight is 552 g/mol. The van der Waals surface area contributed by atoms with E-state index in [9.17, 15) is 13.2 Å². The van der Waals surface area contributed by atoms with Gasteiger partial charge in [-0.05, 0) is 74.0 Å². The lowest BCUT2D eigenvalue weighted by Gasteiger charge is -2.38. The highest BCUT2D eigenvalue weighted by atomic mass is 19.4. The van der Waals surface area contributed by atoms with Gasteiger partial charge in [0.25, 0.3) is 0 Å². The zero-order valence-corrected chi connectivity index (χ0v) is 23.4. The summed E-state index contributed by atoms with van der Waals surface area (Å²) in [7, 11) is 2.12. The van der Waals surface area contributed by atoms with Crippen molar-refractivity contribution in [3.8, 4) is 0 Å². The van der Waals surface area contributed by atoms with Crippen molar-refractivity contribution in [1.29, 1.82) is 0 Å². The molecule has 0 spiro atoms. The van der Waals surface area contributed by atoms with Crippen molar-refractivity contribution in [2.75, 3.05) is 48.3 Å². The summed E-state index contributed by atoms with van der Waals surface area (Å²) in [6, 6.07) is 8.92. The Morgan fingerprint density at radius 2 is 1.82 bits per heavy atom. The monoisotopic (exact) mass is 551 g/mol. The number of hydrogen-bond donors (Lipinski definition) is 1. The van der Waals surface area contributed by atoms with Crippen molar-refractivity contribution in [3.05, 3.63) is 64.7 Å². The molecule has 1 N–H and O–H groups in total. The molecule has 0 unspecified atom stereocenters. The summed E-state index contributed by atoms with van der Waals surface area (Å²) in [6.45, 7) is 8.86. The van der Waals surface area contributed by atoms with Gasteiger partial charge in [-0.2, -0.15) is 13.2 Å². The van der Waals surface area contributed by atoms with Gasteiger partial charge in [-0.15, -0.1) is 0 Å². The van der Waals surface area contributed by atoms with Crippen LogP contribution in [0.15, 0.2) is 36.5 Å². The molecule has 0 bridgehead atoms. The fraction of sp³-hybridized carbons (Fsp3) is 0.500. The Labute approximate surface area is 233 Å². The number of likely N-dealkylation sites (tertiary alicyclic amines) is 1. The molecule has 3 aliphatic rings. The first kappa shape index (κ1) is 26.8. The minimum Gasteiger partial charge on any atom is -0.374 e. The van der Waals surface area contributed by atoms with E-state index in [1.165, 1.54) is 23.5 Å². The molecule has 0 aliphatic carbocycles. The molecule has 1 aromatic carbocycles. The fourth-order valence-corrected chi connectivity index (χ4v) is 6.18. The molecular weight excluding hydrogens is 515 g/mol. The molecule has 6 rings (SSSR count). The third kappa shape index (κ3) is 5.21. The molecule has 0 saturated carbocycles. The SMILES string of the molecule is CN1CCC(C)(C)c2ccc(Nc3nc(CN4CCCC4)nc4c3CCN(c3ncccc3C(F)(F)F)C4)cc21. The zero-order valence-electron chi connectivity index (χ0n) is 23.4. The largest absolute Gasteiger partial charge is 0.419 e. The van der Waals surface area contributed by atoms with Gasteiger partial charge < -0.3 is 15.1 Å². The van der Waals surface area contributed by atoms with Gasteiger partial charge in [0.2, 0.25) is 0 Å². The topological polar surface area (TPSA) is 60.4 Å². The van der Waals surface area contributed by atoms with Crippen LogP contribution in [0.25, 0.3) is 0 Å². The first-order valence-electron chi connectivity index (χ1n) is 14.1. The van der Waals surface area contributed by atoms with Crippen molar-refractivity contribution in [2.45, 2.75) is 64.2 Å². The van der Waals surface area contributed by atoms with E-state index < -0.39 is 11.7 Å². The summed E-state index contributed by atoms with van der Waals surface area (Å²) in [6.07, 6.45) is 0.877. The van der Waals surface area contributed by atoms with E-state index >= 15 is 0 Å². The van der Waals surface area contributed by atoms with E-state index in [1.807, 2.05) is 0 Å². The van der Waals surface area contributed by atoms with Gasteiger partial charge in [0.15, 0.2) is 0 Å². The summed E-state index contributed by atoms with van der Waals surface area (Å²) in [5.74, 6) is 1.39. The molecule has 0 atom stereocenters. The Kier molecular flexibility index (Phi) is 6.84. The quantitative estimate of drug-likeness (QED) is 0.423. The molecule has 7 nitrogen and oxygen atoms in total. The predicted octanol–water partition coefficient (Wildman–Crippen LogP) is 5.91. The smallest absolute Gasteiger partial charge is 0.374 e. The van der Waals surface area contributed by atoms with E-state index in [1.54, 1.807) is 4.90 Å². The Bertz CT molecular complexity index is 1400. The van der Waals surface area contributed by atoms with E-state index in [0.29, 0.717) is 25.3 Å². The number of fused-ring (bicyclic) bond motifs is 2. The molecule has 10 heteroatoms. The maximum Gasteiger partial charge on any atom is 0.419 e. The van der Waals surface area contributed by atoms with E-state index in [-0.39, 0.29) is 17.8 Å². The number of nitrogens with one attached hydrogen (secondary N) is 1. The first-order chi connectivity index (χ1) is 19.1. The van der Waals surface area contributed by atoms with Gasteiger partial charge in [0.1, 0.15) is 17.5 Å². The normalized spacial score (nSPS) is 18.9. The van der Waals surface area contributed by atoms with Crippen LogP contribution in [-0.2, 0) is 31.1 Å². The maximum atomic E-state index is 13.8. The Morgan fingerprint density at radius 3 is 2.60 bits per heavy atom. The van der Waals surface area contributed by atoms with Crippen LogP contribution in [0.3, 0.4) is 0 Å². The number of pyridine rings is 1. The van der Waals surface area contributed by atoms with E-state index in [0.717, 1.165) is 67.7 Å². The number of rotatable bonds is 5. The number of aromatic nitrogens is 3. The van der Waals surface area contributed by atoms with E-state index in [2.05, 4.69) is 59.2 Å². The number of benzene rings is 1. The van der Waals surface area contributed by atoms with Crippen LogP contribution in [0.1, 0.15) is 61.3 Å². The van der Waals surface area contributed by atoms with Crippen molar-refractivity contribution in [1.82, 2.24) is 19.9 Å². The van der Waals surface area contributed by atoms with Gasteiger partial charge in [-0.3, -0.25) is 4.90 Å².